The highest BCUT2D eigenvalue weighted by Gasteiger charge is 2.29. The summed E-state index contributed by atoms with van der Waals surface area (Å²) in [5.74, 6) is -0.401. The van der Waals surface area contributed by atoms with E-state index < -0.39 is 22.5 Å². The van der Waals surface area contributed by atoms with Crippen LogP contribution < -0.4 is 9.99 Å². The van der Waals surface area contributed by atoms with E-state index in [1.807, 2.05) is 0 Å². The molecule has 0 aliphatic rings. The molecule has 0 atom stereocenters. The smallest absolute Gasteiger partial charge is 0.328 e. The molecule has 1 aromatic heterocycles. The second kappa shape index (κ2) is 7.57. The van der Waals surface area contributed by atoms with Gasteiger partial charge in [-0.3, -0.25) is 18.2 Å². The third-order valence-electron chi connectivity index (χ3n) is 4.73. The first-order valence-electron chi connectivity index (χ1n) is 8.68. The van der Waals surface area contributed by atoms with Crippen LogP contribution in [0, 0.1) is 0 Å². The Morgan fingerprint density at radius 2 is 1.66 bits per heavy atom. The Balaban J connectivity index is 2.20. The summed E-state index contributed by atoms with van der Waals surface area (Å²) in [5.41, 5.74) is 1.01. The van der Waals surface area contributed by atoms with Crippen molar-refractivity contribution in [2.45, 2.75) is 4.90 Å². The van der Waals surface area contributed by atoms with Crippen molar-refractivity contribution in [3.05, 3.63) is 58.0 Å². The monoisotopic (exact) mass is 436 g/mol. The van der Waals surface area contributed by atoms with E-state index in [0.29, 0.717) is 11.0 Å². The zero-order valence-corrected chi connectivity index (χ0v) is 18.0. The number of fused-ring (bicyclic) bond motifs is 1. The topological polar surface area (TPSA) is 84.6 Å². The predicted octanol–water partition coefficient (Wildman–Crippen LogP) is 1.81. The van der Waals surface area contributed by atoms with Crippen LogP contribution >= 0.6 is 11.6 Å². The molecule has 0 saturated heterocycles. The van der Waals surface area contributed by atoms with Crippen molar-refractivity contribution in [1.82, 2.24) is 14.0 Å². The summed E-state index contributed by atoms with van der Waals surface area (Å²) in [6, 6.07) is 10.8. The minimum atomic E-state index is -4.14. The fourth-order valence-corrected chi connectivity index (χ4v) is 4.73. The van der Waals surface area contributed by atoms with Crippen molar-refractivity contribution >= 4 is 44.3 Å². The highest BCUT2D eigenvalue weighted by Crippen LogP contribution is 2.31. The summed E-state index contributed by atoms with van der Waals surface area (Å²) < 4.78 is 30.8. The second-order valence-electron chi connectivity index (χ2n) is 6.80. The lowest BCUT2D eigenvalue weighted by Crippen LogP contribution is -2.40. The van der Waals surface area contributed by atoms with Gasteiger partial charge in [0.15, 0.2) is 0 Å². The Kier molecular flexibility index (Phi) is 5.46. The molecule has 8 nitrogen and oxygen atoms in total. The molecule has 3 rings (SSSR count). The molecule has 0 N–H and O–H groups in total. The van der Waals surface area contributed by atoms with E-state index >= 15 is 0 Å². The fourth-order valence-electron chi connectivity index (χ4n) is 2.99. The van der Waals surface area contributed by atoms with Gasteiger partial charge in [-0.25, -0.2) is 13.2 Å². The van der Waals surface area contributed by atoms with Crippen LogP contribution in [0.1, 0.15) is 0 Å². The van der Waals surface area contributed by atoms with Gasteiger partial charge in [0.1, 0.15) is 6.54 Å². The molecule has 0 fully saturated rings. The van der Waals surface area contributed by atoms with Crippen LogP contribution in [-0.4, -0.2) is 49.0 Å². The molecule has 0 aliphatic heterocycles. The lowest BCUT2D eigenvalue weighted by Gasteiger charge is -2.26. The molecule has 10 heteroatoms. The zero-order chi connectivity index (χ0) is 21.5. The van der Waals surface area contributed by atoms with Crippen molar-refractivity contribution in [2.75, 3.05) is 24.9 Å². The largest absolute Gasteiger partial charge is 0.347 e. The number of para-hydroxylation sites is 1. The Labute approximate surface area is 173 Å². The average molecular weight is 437 g/mol. The summed E-state index contributed by atoms with van der Waals surface area (Å²) in [6.07, 6.45) is 0. The molecular weight excluding hydrogens is 416 g/mol. The number of hydrogen-bond donors (Lipinski definition) is 0. The van der Waals surface area contributed by atoms with Crippen molar-refractivity contribution in [3.63, 3.8) is 0 Å². The van der Waals surface area contributed by atoms with Crippen molar-refractivity contribution in [3.8, 4) is 0 Å². The van der Waals surface area contributed by atoms with E-state index in [0.717, 1.165) is 4.31 Å². The first-order chi connectivity index (χ1) is 13.6. The Morgan fingerprint density at radius 3 is 2.28 bits per heavy atom. The fraction of sp³-hybridized carbons (Fsp3) is 0.263. The highest BCUT2D eigenvalue weighted by atomic mass is 35.5. The van der Waals surface area contributed by atoms with E-state index in [-0.39, 0.29) is 21.3 Å². The van der Waals surface area contributed by atoms with Crippen LogP contribution in [0.25, 0.3) is 11.0 Å². The lowest BCUT2D eigenvalue weighted by atomic mass is 10.3. The quantitative estimate of drug-likeness (QED) is 0.610. The van der Waals surface area contributed by atoms with Crippen LogP contribution in [0.15, 0.2) is 52.2 Å². The second-order valence-corrected chi connectivity index (χ2v) is 9.07. The Hall–Kier alpha value is -2.78. The summed E-state index contributed by atoms with van der Waals surface area (Å²) in [5, 5.41) is 0.204. The van der Waals surface area contributed by atoms with Crippen molar-refractivity contribution in [2.24, 2.45) is 14.1 Å². The standard InChI is InChI=1S/C19H21ClN4O4S/c1-21(2)18(25)12-24(15-8-6-5-7-14(15)20)29(27,28)13-9-10-16-17(11-13)23(4)19(26)22(16)3/h5-11H,12H2,1-4H3. The number of carbonyl (C=O) groups excluding carboxylic acids is 1. The molecule has 0 radical (unpaired) electrons. The SMILES string of the molecule is CN(C)C(=O)CN(c1ccccc1Cl)S(=O)(=O)c1ccc2c(c1)n(C)c(=O)n2C. The van der Waals surface area contributed by atoms with Gasteiger partial charge in [-0.1, -0.05) is 23.7 Å². The van der Waals surface area contributed by atoms with Crippen molar-refractivity contribution in [1.29, 1.82) is 0 Å². The number of carbonyl (C=O) groups is 1. The van der Waals surface area contributed by atoms with Crippen LogP contribution in [-0.2, 0) is 28.9 Å². The summed E-state index contributed by atoms with van der Waals surface area (Å²) in [7, 11) is 2.14. The Morgan fingerprint density at radius 1 is 1.03 bits per heavy atom. The van der Waals surface area contributed by atoms with Gasteiger partial charge in [0, 0.05) is 28.2 Å². The predicted molar refractivity (Wildman–Crippen MR) is 113 cm³/mol. The van der Waals surface area contributed by atoms with E-state index in [1.54, 1.807) is 58.5 Å². The normalized spacial score (nSPS) is 11.6. The molecule has 1 amide bonds. The van der Waals surface area contributed by atoms with Gasteiger partial charge < -0.3 is 4.90 Å². The number of benzene rings is 2. The van der Waals surface area contributed by atoms with E-state index in [2.05, 4.69) is 0 Å². The maximum atomic E-state index is 13.5. The highest BCUT2D eigenvalue weighted by molar-refractivity contribution is 7.92. The first kappa shape index (κ1) is 20.9. The number of likely N-dealkylation sites (N-methyl/N-ethyl adjacent to an activating group) is 1. The number of aromatic nitrogens is 2. The van der Waals surface area contributed by atoms with E-state index in [1.165, 1.54) is 26.2 Å². The number of hydrogen-bond acceptors (Lipinski definition) is 4. The molecular formula is C19H21ClN4O4S. The zero-order valence-electron chi connectivity index (χ0n) is 16.5. The summed E-state index contributed by atoms with van der Waals surface area (Å²) in [4.78, 5) is 25.8. The third kappa shape index (κ3) is 3.63. The lowest BCUT2D eigenvalue weighted by molar-refractivity contribution is -0.127. The first-order valence-corrected chi connectivity index (χ1v) is 10.5. The number of nitrogens with zero attached hydrogens (tertiary/aromatic N) is 4. The molecule has 0 spiro atoms. The van der Waals surface area contributed by atoms with Gasteiger partial charge in [-0.15, -0.1) is 0 Å². The summed E-state index contributed by atoms with van der Waals surface area (Å²) >= 11 is 6.24. The number of sulfonamides is 1. The molecule has 0 bridgehead atoms. The molecule has 0 aliphatic carbocycles. The number of imidazole rings is 1. The van der Waals surface area contributed by atoms with Gasteiger partial charge in [0.2, 0.25) is 5.91 Å². The van der Waals surface area contributed by atoms with Crippen LogP contribution in [0.5, 0.6) is 0 Å². The van der Waals surface area contributed by atoms with Crippen LogP contribution in [0.4, 0.5) is 5.69 Å². The molecule has 0 unspecified atom stereocenters. The van der Waals surface area contributed by atoms with Gasteiger partial charge in [0.25, 0.3) is 10.0 Å². The van der Waals surface area contributed by atoms with Gasteiger partial charge in [-0.05, 0) is 30.3 Å². The van der Waals surface area contributed by atoms with Gasteiger partial charge in [-0.2, -0.15) is 0 Å². The molecule has 29 heavy (non-hydrogen) atoms. The number of amides is 1. The number of halogens is 1. The van der Waals surface area contributed by atoms with Gasteiger partial charge >= 0.3 is 5.69 Å². The van der Waals surface area contributed by atoms with Crippen molar-refractivity contribution < 1.29 is 13.2 Å². The van der Waals surface area contributed by atoms with E-state index in [9.17, 15) is 18.0 Å². The molecule has 1 heterocycles. The Bertz CT molecular complexity index is 1260. The van der Waals surface area contributed by atoms with Crippen LogP contribution in [0.2, 0.25) is 5.02 Å². The molecule has 3 aromatic rings. The van der Waals surface area contributed by atoms with Gasteiger partial charge in [0.05, 0.1) is 26.6 Å². The van der Waals surface area contributed by atoms with E-state index in [4.69, 9.17) is 11.6 Å². The molecule has 0 saturated carbocycles. The third-order valence-corrected chi connectivity index (χ3v) is 6.81. The number of anilines is 1. The van der Waals surface area contributed by atoms with Crippen LogP contribution in [0.3, 0.4) is 0 Å². The molecule has 2 aromatic carbocycles. The molecule has 154 valence electrons. The number of aryl methyl sites for hydroxylation is 2. The number of rotatable bonds is 5. The minimum absolute atomic E-state index is 0.0438. The summed E-state index contributed by atoms with van der Waals surface area (Å²) in [6.45, 7) is -0.412. The maximum Gasteiger partial charge on any atom is 0.328 e. The average Bonchev–Trinajstić information content (AvgIpc) is 2.90. The minimum Gasteiger partial charge on any atom is -0.347 e. The maximum absolute atomic E-state index is 13.5.